The maximum Gasteiger partial charge on any atom is 0.242 e. The minimum absolute atomic E-state index is 0.0884. The zero-order valence-corrected chi connectivity index (χ0v) is 12.1. The van der Waals surface area contributed by atoms with Crippen molar-refractivity contribution in [2.45, 2.75) is 26.6 Å². The number of carbonyl (C=O) groups excluding carboxylic acids is 1. The Morgan fingerprint density at radius 2 is 2.19 bits per heavy atom. The molecule has 1 aromatic heterocycles. The zero-order valence-electron chi connectivity index (χ0n) is 12.1. The van der Waals surface area contributed by atoms with Gasteiger partial charge in [-0.15, -0.1) is 5.10 Å². The zero-order chi connectivity index (χ0) is 15.2. The third kappa shape index (κ3) is 4.35. The molecule has 2 N–H and O–H groups in total. The summed E-state index contributed by atoms with van der Waals surface area (Å²) < 4.78 is 14.9. The van der Waals surface area contributed by atoms with Gasteiger partial charge in [0.25, 0.3) is 0 Å². The van der Waals surface area contributed by atoms with E-state index in [9.17, 15) is 9.18 Å². The Kier molecular flexibility index (Phi) is 4.99. The van der Waals surface area contributed by atoms with Gasteiger partial charge in [0.15, 0.2) is 0 Å². The lowest BCUT2D eigenvalue weighted by Crippen LogP contribution is -2.27. The number of hydrogen-bond acceptors (Lipinski definition) is 4. The summed E-state index contributed by atoms with van der Waals surface area (Å²) in [5.41, 5.74) is 2.08. The third-order valence-electron chi connectivity index (χ3n) is 2.98. The molecule has 6 nitrogen and oxygen atoms in total. The monoisotopic (exact) mass is 291 g/mol. The summed E-state index contributed by atoms with van der Waals surface area (Å²) in [6.07, 6.45) is 1.71. The number of hydrogen-bond donors (Lipinski definition) is 2. The SMILES string of the molecule is CNCc1cn(CC(=O)NCc2ccc(C)c(F)c2)nn1. The summed E-state index contributed by atoms with van der Waals surface area (Å²) in [6.45, 7) is 2.68. The first-order valence-corrected chi connectivity index (χ1v) is 6.64. The molecule has 0 spiro atoms. The maximum absolute atomic E-state index is 13.4. The van der Waals surface area contributed by atoms with E-state index in [1.54, 1.807) is 25.3 Å². The largest absolute Gasteiger partial charge is 0.350 e. The molecule has 1 heterocycles. The van der Waals surface area contributed by atoms with Crippen molar-refractivity contribution in [3.8, 4) is 0 Å². The highest BCUT2D eigenvalue weighted by Gasteiger charge is 2.06. The second kappa shape index (κ2) is 6.94. The quantitative estimate of drug-likeness (QED) is 0.824. The first-order valence-electron chi connectivity index (χ1n) is 6.64. The summed E-state index contributed by atoms with van der Waals surface area (Å²) in [6, 6.07) is 4.91. The fourth-order valence-corrected chi connectivity index (χ4v) is 1.83. The molecule has 0 radical (unpaired) electrons. The number of halogens is 1. The van der Waals surface area contributed by atoms with Crippen molar-refractivity contribution in [3.63, 3.8) is 0 Å². The van der Waals surface area contributed by atoms with E-state index >= 15 is 0 Å². The Morgan fingerprint density at radius 1 is 1.38 bits per heavy atom. The molecule has 0 saturated carbocycles. The number of amides is 1. The Balaban J connectivity index is 1.85. The van der Waals surface area contributed by atoms with Gasteiger partial charge in [0.05, 0.1) is 11.9 Å². The van der Waals surface area contributed by atoms with Gasteiger partial charge in [0, 0.05) is 13.1 Å². The van der Waals surface area contributed by atoms with Gasteiger partial charge >= 0.3 is 0 Å². The van der Waals surface area contributed by atoms with Crippen LogP contribution in [0, 0.1) is 12.7 Å². The van der Waals surface area contributed by atoms with Gasteiger partial charge in [0.2, 0.25) is 5.91 Å². The van der Waals surface area contributed by atoms with Gasteiger partial charge in [-0.2, -0.15) is 0 Å². The Morgan fingerprint density at radius 3 is 2.90 bits per heavy atom. The molecule has 112 valence electrons. The minimum atomic E-state index is -0.269. The second-order valence-corrected chi connectivity index (χ2v) is 4.80. The van der Waals surface area contributed by atoms with Crippen LogP contribution in [0.25, 0.3) is 0 Å². The Labute approximate surface area is 122 Å². The number of carbonyl (C=O) groups is 1. The van der Waals surface area contributed by atoms with E-state index in [1.165, 1.54) is 10.7 Å². The molecule has 21 heavy (non-hydrogen) atoms. The molecule has 0 fully saturated rings. The van der Waals surface area contributed by atoms with Crippen LogP contribution < -0.4 is 10.6 Å². The van der Waals surface area contributed by atoms with Crippen molar-refractivity contribution >= 4 is 5.91 Å². The van der Waals surface area contributed by atoms with Crippen LogP contribution in [0.2, 0.25) is 0 Å². The van der Waals surface area contributed by atoms with E-state index in [0.717, 1.165) is 11.3 Å². The first kappa shape index (κ1) is 15.1. The van der Waals surface area contributed by atoms with Crippen LogP contribution in [-0.2, 0) is 24.4 Å². The van der Waals surface area contributed by atoms with E-state index in [1.807, 2.05) is 7.05 Å². The summed E-state index contributed by atoms with van der Waals surface area (Å²) in [5.74, 6) is -0.466. The lowest BCUT2D eigenvalue weighted by molar-refractivity contribution is -0.122. The van der Waals surface area contributed by atoms with E-state index in [2.05, 4.69) is 20.9 Å². The highest BCUT2D eigenvalue weighted by molar-refractivity contribution is 5.75. The summed E-state index contributed by atoms with van der Waals surface area (Å²) in [4.78, 5) is 11.8. The lowest BCUT2D eigenvalue weighted by atomic mass is 10.1. The van der Waals surface area contributed by atoms with E-state index < -0.39 is 0 Å². The van der Waals surface area contributed by atoms with Gasteiger partial charge in [0.1, 0.15) is 12.4 Å². The van der Waals surface area contributed by atoms with Crippen LogP contribution >= 0.6 is 0 Å². The number of aryl methyl sites for hydroxylation is 1. The van der Waals surface area contributed by atoms with Crippen molar-refractivity contribution in [1.29, 1.82) is 0 Å². The predicted octanol–water partition coefficient (Wildman–Crippen LogP) is 0.761. The smallest absolute Gasteiger partial charge is 0.242 e. The molecule has 7 heteroatoms. The van der Waals surface area contributed by atoms with Gasteiger partial charge in [-0.25, -0.2) is 9.07 Å². The van der Waals surface area contributed by atoms with Gasteiger partial charge < -0.3 is 10.6 Å². The maximum atomic E-state index is 13.4. The van der Waals surface area contributed by atoms with E-state index in [4.69, 9.17) is 0 Å². The number of aromatic nitrogens is 3. The van der Waals surface area contributed by atoms with Crippen LogP contribution in [0.3, 0.4) is 0 Å². The summed E-state index contributed by atoms with van der Waals surface area (Å²) in [5, 5.41) is 13.5. The molecule has 0 atom stereocenters. The Hall–Kier alpha value is -2.28. The number of benzene rings is 1. The fourth-order valence-electron chi connectivity index (χ4n) is 1.83. The van der Waals surface area contributed by atoms with Crippen molar-refractivity contribution < 1.29 is 9.18 Å². The van der Waals surface area contributed by atoms with E-state index in [0.29, 0.717) is 12.1 Å². The van der Waals surface area contributed by atoms with Crippen molar-refractivity contribution in [1.82, 2.24) is 25.6 Å². The van der Waals surface area contributed by atoms with Crippen LogP contribution in [-0.4, -0.2) is 27.9 Å². The number of rotatable bonds is 6. The highest BCUT2D eigenvalue weighted by Crippen LogP contribution is 2.08. The molecular formula is C14H18FN5O. The molecule has 0 saturated heterocycles. The highest BCUT2D eigenvalue weighted by atomic mass is 19.1. The number of nitrogens with zero attached hydrogens (tertiary/aromatic N) is 3. The van der Waals surface area contributed by atoms with Crippen molar-refractivity contribution in [3.05, 3.63) is 47.0 Å². The van der Waals surface area contributed by atoms with Gasteiger partial charge in [-0.3, -0.25) is 4.79 Å². The molecule has 0 aliphatic carbocycles. The molecule has 0 aliphatic heterocycles. The Bertz CT molecular complexity index is 626. The molecule has 2 rings (SSSR count). The van der Waals surface area contributed by atoms with Crippen molar-refractivity contribution in [2.24, 2.45) is 0 Å². The second-order valence-electron chi connectivity index (χ2n) is 4.80. The summed E-state index contributed by atoms with van der Waals surface area (Å²) in [7, 11) is 1.81. The predicted molar refractivity (Wildman–Crippen MR) is 75.8 cm³/mol. The van der Waals surface area contributed by atoms with Crippen LogP contribution in [0.5, 0.6) is 0 Å². The van der Waals surface area contributed by atoms with Crippen LogP contribution in [0.15, 0.2) is 24.4 Å². The van der Waals surface area contributed by atoms with Crippen molar-refractivity contribution in [2.75, 3.05) is 7.05 Å². The molecule has 0 bridgehead atoms. The molecule has 1 amide bonds. The van der Waals surface area contributed by atoms with Gasteiger partial charge in [-0.1, -0.05) is 17.3 Å². The first-order chi connectivity index (χ1) is 10.1. The van der Waals surface area contributed by atoms with Crippen LogP contribution in [0.4, 0.5) is 4.39 Å². The fraction of sp³-hybridized carbons (Fsp3) is 0.357. The van der Waals surface area contributed by atoms with Crippen LogP contribution in [0.1, 0.15) is 16.8 Å². The molecular weight excluding hydrogens is 273 g/mol. The van der Waals surface area contributed by atoms with Gasteiger partial charge in [-0.05, 0) is 31.2 Å². The molecule has 1 aromatic carbocycles. The molecule has 0 aliphatic rings. The number of nitrogens with one attached hydrogen (secondary N) is 2. The molecule has 0 unspecified atom stereocenters. The molecule has 2 aromatic rings. The van der Waals surface area contributed by atoms with E-state index in [-0.39, 0.29) is 24.8 Å². The standard InChI is InChI=1S/C14H18FN5O/c1-10-3-4-11(5-13(10)15)6-17-14(21)9-20-8-12(7-16-2)18-19-20/h3-5,8,16H,6-7,9H2,1-2H3,(H,17,21). The third-order valence-corrected chi connectivity index (χ3v) is 2.98. The summed E-state index contributed by atoms with van der Waals surface area (Å²) >= 11 is 0. The average molecular weight is 291 g/mol. The topological polar surface area (TPSA) is 71.8 Å². The average Bonchev–Trinajstić information content (AvgIpc) is 2.88. The lowest BCUT2D eigenvalue weighted by Gasteiger charge is -2.06. The minimum Gasteiger partial charge on any atom is -0.350 e. The normalized spacial score (nSPS) is 10.6.